The molecule has 86 valence electrons. The van der Waals surface area contributed by atoms with Gasteiger partial charge in [-0.25, -0.2) is 0 Å². The van der Waals surface area contributed by atoms with Crippen LogP contribution in [-0.4, -0.2) is 4.53 Å². The molecule has 0 aromatic carbocycles. The van der Waals surface area contributed by atoms with Crippen LogP contribution in [0.2, 0.25) is 0 Å². The van der Waals surface area contributed by atoms with Crippen LogP contribution in [0, 0.1) is 5.41 Å². The zero-order chi connectivity index (χ0) is 11.3. The van der Waals surface area contributed by atoms with E-state index in [9.17, 15) is 0 Å². The summed E-state index contributed by atoms with van der Waals surface area (Å²) in [7, 11) is 5.90. The monoisotopic (exact) mass is 402 g/mol. The van der Waals surface area contributed by atoms with Crippen LogP contribution < -0.4 is 0 Å². The molecule has 0 aromatic heterocycles. The Morgan fingerprint density at radius 1 is 1.40 bits per heavy atom. The second kappa shape index (κ2) is 5.94. The van der Waals surface area contributed by atoms with Crippen molar-refractivity contribution in [2.24, 2.45) is 5.41 Å². The second-order valence-corrected chi connectivity index (χ2v) is 7.06. The number of hydrogen-bond acceptors (Lipinski definition) is 0. The van der Waals surface area contributed by atoms with Crippen molar-refractivity contribution in [3.63, 3.8) is 0 Å². The summed E-state index contributed by atoms with van der Waals surface area (Å²) in [5, 5.41) is 0. The molecule has 0 bridgehead atoms. The molecule has 0 atom stereocenters. The Kier molecular flexibility index (Phi) is 5.18. The fourth-order valence-corrected chi connectivity index (χ4v) is 3.68. The Labute approximate surface area is 105 Å². The third-order valence-corrected chi connectivity index (χ3v) is 4.43. The fourth-order valence-electron chi connectivity index (χ4n) is 1.86. The summed E-state index contributed by atoms with van der Waals surface area (Å²) < 4.78 is 2.26. The van der Waals surface area contributed by atoms with Crippen LogP contribution in [0.1, 0.15) is 33.1 Å². The molecule has 1 aliphatic rings. The van der Waals surface area contributed by atoms with E-state index in [0.29, 0.717) is 5.41 Å². The summed E-state index contributed by atoms with van der Waals surface area (Å²) in [5.74, 6) is 0. The van der Waals surface area contributed by atoms with Crippen molar-refractivity contribution in [2.75, 3.05) is 0 Å². The zero-order valence-corrected chi connectivity index (χ0v) is 12.5. The average molecular weight is 402 g/mol. The second-order valence-electron chi connectivity index (χ2n) is 4.66. The van der Waals surface area contributed by atoms with Gasteiger partial charge < -0.3 is 0 Å². The molecule has 0 fully saturated rings. The summed E-state index contributed by atoms with van der Waals surface area (Å²) in [6.45, 7) is 8.39. The van der Waals surface area contributed by atoms with Crippen LogP contribution in [0.3, 0.4) is 0 Å². The van der Waals surface area contributed by atoms with E-state index in [-0.39, 0.29) is 16.2 Å². The molecule has 2 heteroatoms. The normalized spacial score (nSPS) is 22.6. The molecule has 0 amide bonds. The number of hydrogen-bond donors (Lipinski definition) is 0. The topological polar surface area (TPSA) is 0 Å². The van der Waals surface area contributed by atoms with Crippen LogP contribution in [0.25, 0.3) is 0 Å². The van der Waals surface area contributed by atoms with Crippen molar-refractivity contribution >= 4 is 14.1 Å². The zero-order valence-electron chi connectivity index (χ0n) is 9.35. The van der Waals surface area contributed by atoms with Gasteiger partial charge in [0, 0.05) is 0 Å². The molecular formula is C13H18ClIr. The Balaban J connectivity index is 2.96. The van der Waals surface area contributed by atoms with Gasteiger partial charge in [-0.1, -0.05) is 0 Å². The van der Waals surface area contributed by atoms with Crippen molar-refractivity contribution in [3.05, 3.63) is 36.0 Å². The minimum atomic E-state index is -0.382. The van der Waals surface area contributed by atoms with E-state index in [1.165, 1.54) is 24.0 Å². The predicted octanol–water partition coefficient (Wildman–Crippen LogP) is 4.27. The standard InChI is InChI=1S/C13H18.ClH.Ir/c1-5-6-7-12-10-13(3,4)9-8-11(12)2;;/h2,5-7H,1,8-10H2,3-4H3;1H;/q;;+1/p-1. The third kappa shape index (κ3) is 4.18. The molecule has 1 aliphatic carbocycles. The van der Waals surface area contributed by atoms with Crippen LogP contribution in [0.4, 0.5) is 0 Å². The van der Waals surface area contributed by atoms with Gasteiger partial charge in [-0.3, -0.25) is 0 Å². The summed E-state index contributed by atoms with van der Waals surface area (Å²) >= 11 is -0.382. The first-order chi connectivity index (χ1) is 7.09. The Morgan fingerprint density at radius 2 is 2.13 bits per heavy atom. The van der Waals surface area contributed by atoms with Gasteiger partial charge in [-0.2, -0.15) is 0 Å². The molecule has 0 saturated heterocycles. The Hall–Kier alpha value is 0.0294. The van der Waals surface area contributed by atoms with Gasteiger partial charge in [0.05, 0.1) is 0 Å². The molecular weight excluding hydrogens is 384 g/mol. The SMILES string of the molecule is C=CC=CC1=C([CH]=[Ir][Cl])CCC(C)(C)C1. The molecule has 0 aliphatic heterocycles. The summed E-state index contributed by atoms with van der Waals surface area (Å²) in [6.07, 6.45) is 9.67. The number of rotatable bonds is 3. The molecule has 0 spiro atoms. The van der Waals surface area contributed by atoms with E-state index < -0.39 is 0 Å². The van der Waals surface area contributed by atoms with E-state index >= 15 is 0 Å². The van der Waals surface area contributed by atoms with Gasteiger partial charge in [0.15, 0.2) is 0 Å². The van der Waals surface area contributed by atoms with Crippen molar-refractivity contribution in [3.8, 4) is 0 Å². The molecule has 0 saturated carbocycles. The summed E-state index contributed by atoms with van der Waals surface area (Å²) in [4.78, 5) is 0. The fraction of sp³-hybridized carbons (Fsp3) is 0.462. The van der Waals surface area contributed by atoms with Gasteiger partial charge >= 0.3 is 105 Å². The third-order valence-electron chi connectivity index (χ3n) is 2.74. The Morgan fingerprint density at radius 3 is 2.73 bits per heavy atom. The quantitative estimate of drug-likeness (QED) is 0.619. The maximum atomic E-state index is 5.90. The molecule has 1 rings (SSSR count). The molecule has 0 heterocycles. The maximum absolute atomic E-state index is 5.90. The first-order valence-corrected chi connectivity index (χ1v) is 9.49. The van der Waals surface area contributed by atoms with Gasteiger partial charge in [-0.05, 0) is 0 Å². The summed E-state index contributed by atoms with van der Waals surface area (Å²) in [5.41, 5.74) is 3.36. The van der Waals surface area contributed by atoms with E-state index in [4.69, 9.17) is 9.58 Å². The number of allylic oxidation sites excluding steroid dienone is 5. The van der Waals surface area contributed by atoms with Crippen LogP contribution in [0.15, 0.2) is 36.0 Å². The van der Waals surface area contributed by atoms with Crippen molar-refractivity contribution in [1.82, 2.24) is 0 Å². The van der Waals surface area contributed by atoms with Gasteiger partial charge in [0.25, 0.3) is 0 Å². The van der Waals surface area contributed by atoms with Crippen LogP contribution in [0.5, 0.6) is 0 Å². The molecule has 0 radical (unpaired) electrons. The molecule has 15 heavy (non-hydrogen) atoms. The van der Waals surface area contributed by atoms with E-state index in [0.717, 1.165) is 6.42 Å². The predicted molar refractivity (Wildman–Crippen MR) is 65.9 cm³/mol. The minimum absolute atomic E-state index is 0.382. The first kappa shape index (κ1) is 13.1. The molecule has 0 nitrogen and oxygen atoms in total. The van der Waals surface area contributed by atoms with Crippen LogP contribution >= 0.6 is 9.58 Å². The average Bonchev–Trinajstić information content (AvgIpc) is 2.18. The first-order valence-electron chi connectivity index (χ1n) is 5.13. The molecule has 0 N–H and O–H groups in total. The summed E-state index contributed by atoms with van der Waals surface area (Å²) in [6, 6.07) is 0. The van der Waals surface area contributed by atoms with Crippen molar-refractivity contribution in [1.29, 1.82) is 0 Å². The van der Waals surface area contributed by atoms with Crippen LogP contribution in [-0.2, 0) is 16.2 Å². The van der Waals surface area contributed by atoms with Crippen molar-refractivity contribution in [2.45, 2.75) is 33.1 Å². The van der Waals surface area contributed by atoms with E-state index in [2.05, 4.69) is 31.0 Å². The van der Waals surface area contributed by atoms with Gasteiger partial charge in [-0.15, -0.1) is 0 Å². The van der Waals surface area contributed by atoms with Gasteiger partial charge in [0.1, 0.15) is 0 Å². The van der Waals surface area contributed by atoms with Crippen molar-refractivity contribution < 1.29 is 16.2 Å². The molecule has 0 unspecified atom stereocenters. The van der Waals surface area contributed by atoms with E-state index in [1.54, 1.807) is 0 Å². The van der Waals surface area contributed by atoms with E-state index in [1.807, 2.05) is 12.2 Å². The number of halogens is 1. The Bertz CT molecular complexity index is 321. The van der Waals surface area contributed by atoms with Gasteiger partial charge in [0.2, 0.25) is 0 Å². The molecule has 0 aromatic rings.